The van der Waals surface area contributed by atoms with Gasteiger partial charge in [-0.25, -0.2) is 14.2 Å². The largest absolute Gasteiger partial charge is 0.480 e. The van der Waals surface area contributed by atoms with Gasteiger partial charge in [0.2, 0.25) is 0 Å². The molecule has 20 heavy (non-hydrogen) atoms. The van der Waals surface area contributed by atoms with E-state index < -0.39 is 23.3 Å². The molecule has 0 fully saturated rings. The number of carboxylic acid groups (broad SMARTS) is 1. The maximum Gasteiger partial charge on any atom is 0.330 e. The van der Waals surface area contributed by atoms with Crippen LogP contribution in [0.5, 0.6) is 0 Å². The van der Waals surface area contributed by atoms with Crippen LogP contribution in [0.15, 0.2) is 15.7 Å². The minimum Gasteiger partial charge on any atom is -0.480 e. The zero-order valence-electron chi connectivity index (χ0n) is 11.5. The first kappa shape index (κ1) is 14.5. The van der Waals surface area contributed by atoms with Crippen molar-refractivity contribution in [2.75, 3.05) is 0 Å². The van der Waals surface area contributed by atoms with Gasteiger partial charge in [-0.1, -0.05) is 20.8 Å². The SMILES string of the molecule is CCc1cc2c(=O)n(C(C(=O)O)C(C)C)c(=O)[nH]c2s1. The number of hydrogen-bond donors (Lipinski definition) is 2. The van der Waals surface area contributed by atoms with Crippen LogP contribution in [0.2, 0.25) is 0 Å². The van der Waals surface area contributed by atoms with E-state index in [1.165, 1.54) is 11.3 Å². The summed E-state index contributed by atoms with van der Waals surface area (Å²) in [7, 11) is 0. The highest BCUT2D eigenvalue weighted by Gasteiger charge is 2.27. The Hall–Kier alpha value is -1.89. The monoisotopic (exact) mass is 296 g/mol. The van der Waals surface area contributed by atoms with Gasteiger partial charge in [0.15, 0.2) is 0 Å². The number of nitrogens with one attached hydrogen (secondary N) is 1. The average Bonchev–Trinajstić information content (AvgIpc) is 2.76. The van der Waals surface area contributed by atoms with Crippen molar-refractivity contribution in [2.24, 2.45) is 5.92 Å². The lowest BCUT2D eigenvalue weighted by Crippen LogP contribution is -2.42. The molecule has 0 radical (unpaired) electrons. The van der Waals surface area contributed by atoms with E-state index in [2.05, 4.69) is 4.98 Å². The van der Waals surface area contributed by atoms with Gasteiger partial charge < -0.3 is 5.11 Å². The summed E-state index contributed by atoms with van der Waals surface area (Å²) in [6, 6.07) is 0.550. The second-order valence-electron chi connectivity index (χ2n) is 4.94. The fraction of sp³-hybridized carbons (Fsp3) is 0.462. The van der Waals surface area contributed by atoms with Gasteiger partial charge >= 0.3 is 11.7 Å². The maximum absolute atomic E-state index is 12.4. The Labute approximate surface area is 118 Å². The van der Waals surface area contributed by atoms with E-state index in [-0.39, 0.29) is 5.92 Å². The van der Waals surface area contributed by atoms with Gasteiger partial charge in [0.25, 0.3) is 5.56 Å². The molecule has 108 valence electrons. The fourth-order valence-corrected chi connectivity index (χ4v) is 3.17. The van der Waals surface area contributed by atoms with Crippen molar-refractivity contribution >= 4 is 27.5 Å². The van der Waals surface area contributed by atoms with Crippen molar-refractivity contribution in [1.29, 1.82) is 0 Å². The molecule has 2 rings (SSSR count). The summed E-state index contributed by atoms with van der Waals surface area (Å²) >= 11 is 1.35. The van der Waals surface area contributed by atoms with Gasteiger partial charge in [-0.15, -0.1) is 11.3 Å². The average molecular weight is 296 g/mol. The van der Waals surface area contributed by atoms with Crippen molar-refractivity contribution in [2.45, 2.75) is 33.2 Å². The number of nitrogens with zero attached hydrogens (tertiary/aromatic N) is 1. The molecule has 1 unspecified atom stereocenters. The van der Waals surface area contributed by atoms with E-state index in [1.807, 2.05) is 6.92 Å². The highest BCUT2D eigenvalue weighted by atomic mass is 32.1. The van der Waals surface area contributed by atoms with E-state index in [0.717, 1.165) is 15.9 Å². The molecule has 2 N–H and O–H groups in total. The molecular formula is C13H16N2O4S. The molecule has 6 nitrogen and oxygen atoms in total. The van der Waals surface area contributed by atoms with Crippen LogP contribution < -0.4 is 11.2 Å². The Morgan fingerprint density at radius 1 is 1.45 bits per heavy atom. The van der Waals surface area contributed by atoms with Crippen molar-refractivity contribution < 1.29 is 9.90 Å². The summed E-state index contributed by atoms with van der Waals surface area (Å²) < 4.78 is 0.807. The molecule has 2 aromatic rings. The number of aromatic nitrogens is 2. The number of thiophene rings is 1. The molecule has 0 amide bonds. The van der Waals surface area contributed by atoms with Crippen LogP contribution >= 0.6 is 11.3 Å². The van der Waals surface area contributed by atoms with Crippen LogP contribution in [0.1, 0.15) is 31.7 Å². The Balaban J connectivity index is 2.80. The number of hydrogen-bond acceptors (Lipinski definition) is 4. The van der Waals surface area contributed by atoms with Crippen LogP contribution in [0.3, 0.4) is 0 Å². The van der Waals surface area contributed by atoms with Crippen LogP contribution in [0, 0.1) is 5.92 Å². The molecule has 0 aliphatic heterocycles. The molecule has 7 heteroatoms. The van der Waals surface area contributed by atoms with E-state index in [4.69, 9.17) is 0 Å². The normalized spacial score (nSPS) is 13.0. The summed E-state index contributed by atoms with van der Waals surface area (Å²) in [4.78, 5) is 39.9. The molecule has 0 spiro atoms. The van der Waals surface area contributed by atoms with Gasteiger partial charge in [0.05, 0.1) is 5.39 Å². The predicted octanol–water partition coefficient (Wildman–Crippen LogP) is 1.60. The summed E-state index contributed by atoms with van der Waals surface area (Å²) in [5.41, 5.74) is -1.21. The molecule has 0 aliphatic carbocycles. The standard InChI is InChI=1S/C13H16N2O4S/c1-4-7-5-8-10(20-7)14-13(19)15(11(8)16)9(6(2)3)12(17)18/h5-6,9H,4H2,1-3H3,(H,14,19)(H,17,18). The molecule has 0 aromatic carbocycles. The lowest BCUT2D eigenvalue weighted by molar-refractivity contribution is -0.142. The number of H-pyrrole nitrogens is 1. The lowest BCUT2D eigenvalue weighted by Gasteiger charge is -2.17. The zero-order valence-corrected chi connectivity index (χ0v) is 12.3. The molecule has 2 aromatic heterocycles. The number of aliphatic carboxylic acids is 1. The van der Waals surface area contributed by atoms with Crippen LogP contribution in [-0.4, -0.2) is 20.6 Å². The number of aromatic amines is 1. The first-order valence-corrected chi connectivity index (χ1v) is 7.18. The maximum atomic E-state index is 12.4. The Morgan fingerprint density at radius 2 is 2.10 bits per heavy atom. The molecular weight excluding hydrogens is 280 g/mol. The molecule has 0 saturated carbocycles. The van der Waals surface area contributed by atoms with E-state index in [0.29, 0.717) is 10.2 Å². The minimum atomic E-state index is -1.18. The van der Waals surface area contributed by atoms with Crippen LogP contribution in [-0.2, 0) is 11.2 Å². The Morgan fingerprint density at radius 3 is 2.60 bits per heavy atom. The number of rotatable bonds is 4. The number of carbonyl (C=O) groups is 1. The Kier molecular flexibility index (Phi) is 3.80. The first-order valence-electron chi connectivity index (χ1n) is 6.36. The van der Waals surface area contributed by atoms with E-state index >= 15 is 0 Å². The summed E-state index contributed by atoms with van der Waals surface area (Å²) in [6.45, 7) is 5.29. The van der Waals surface area contributed by atoms with Crippen molar-refractivity contribution in [3.8, 4) is 0 Å². The lowest BCUT2D eigenvalue weighted by atomic mass is 10.0. The van der Waals surface area contributed by atoms with E-state index in [9.17, 15) is 19.5 Å². The molecule has 0 aliphatic rings. The quantitative estimate of drug-likeness (QED) is 0.896. The highest BCUT2D eigenvalue weighted by molar-refractivity contribution is 7.18. The third-order valence-electron chi connectivity index (χ3n) is 3.18. The molecule has 0 bridgehead atoms. The van der Waals surface area contributed by atoms with Crippen molar-refractivity contribution in [1.82, 2.24) is 9.55 Å². The zero-order chi connectivity index (χ0) is 15.0. The third kappa shape index (κ3) is 2.29. The smallest absolute Gasteiger partial charge is 0.330 e. The number of carboxylic acids is 1. The van der Waals surface area contributed by atoms with Gasteiger partial charge in [0.1, 0.15) is 10.9 Å². The minimum absolute atomic E-state index is 0.368. The van der Waals surface area contributed by atoms with Gasteiger partial charge in [-0.05, 0) is 18.4 Å². The number of fused-ring (bicyclic) bond motifs is 1. The fourth-order valence-electron chi connectivity index (χ4n) is 2.19. The van der Waals surface area contributed by atoms with Gasteiger partial charge in [0, 0.05) is 4.88 Å². The Bertz CT molecular complexity index is 769. The van der Waals surface area contributed by atoms with Crippen LogP contribution in [0.25, 0.3) is 10.2 Å². The molecule has 2 heterocycles. The topological polar surface area (TPSA) is 92.2 Å². The molecule has 0 saturated heterocycles. The van der Waals surface area contributed by atoms with E-state index in [1.54, 1.807) is 19.9 Å². The summed E-state index contributed by atoms with van der Waals surface area (Å²) in [5.74, 6) is -1.55. The summed E-state index contributed by atoms with van der Waals surface area (Å²) in [6.07, 6.45) is 0.757. The second kappa shape index (κ2) is 5.24. The van der Waals surface area contributed by atoms with Crippen molar-refractivity contribution in [3.63, 3.8) is 0 Å². The second-order valence-corrected chi connectivity index (χ2v) is 6.08. The highest BCUT2D eigenvalue weighted by Crippen LogP contribution is 2.22. The van der Waals surface area contributed by atoms with Gasteiger partial charge in [-0.2, -0.15) is 0 Å². The first-order chi connectivity index (χ1) is 9.36. The van der Waals surface area contributed by atoms with Gasteiger partial charge in [-0.3, -0.25) is 9.78 Å². The number of aryl methyl sites for hydroxylation is 1. The molecule has 1 atom stereocenters. The third-order valence-corrected chi connectivity index (χ3v) is 4.38. The summed E-state index contributed by atoms with van der Waals surface area (Å²) in [5, 5.41) is 9.63. The van der Waals surface area contributed by atoms with Crippen molar-refractivity contribution in [3.05, 3.63) is 31.8 Å². The van der Waals surface area contributed by atoms with Crippen LogP contribution in [0.4, 0.5) is 0 Å². The predicted molar refractivity (Wildman–Crippen MR) is 77.6 cm³/mol.